The molecule has 0 fully saturated rings. The summed E-state index contributed by atoms with van der Waals surface area (Å²) >= 11 is 6.19. The molecule has 6 heteroatoms. The first kappa shape index (κ1) is 15.3. The molecule has 0 aromatic heterocycles. The molecule has 0 bridgehead atoms. The lowest BCUT2D eigenvalue weighted by Gasteiger charge is -2.14. The van der Waals surface area contributed by atoms with Crippen molar-refractivity contribution >= 4 is 17.3 Å². The molecule has 2 rings (SSSR count). The van der Waals surface area contributed by atoms with E-state index in [4.69, 9.17) is 16.3 Å². The van der Waals surface area contributed by atoms with E-state index in [1.54, 1.807) is 19.1 Å². The van der Waals surface area contributed by atoms with Crippen molar-refractivity contribution in [1.29, 1.82) is 0 Å². The molecule has 5 nitrogen and oxygen atoms in total. The molecule has 0 aliphatic carbocycles. The van der Waals surface area contributed by atoms with Gasteiger partial charge in [-0.2, -0.15) is 0 Å². The molecule has 1 N–H and O–H groups in total. The van der Waals surface area contributed by atoms with Crippen LogP contribution in [0.15, 0.2) is 36.4 Å². The Kier molecular flexibility index (Phi) is 4.77. The van der Waals surface area contributed by atoms with Crippen LogP contribution in [-0.2, 0) is 6.54 Å². The van der Waals surface area contributed by atoms with Crippen molar-refractivity contribution in [3.05, 3.63) is 62.7 Å². The van der Waals surface area contributed by atoms with Crippen LogP contribution in [0.25, 0.3) is 0 Å². The van der Waals surface area contributed by atoms with E-state index in [-0.39, 0.29) is 5.69 Å². The molecule has 0 saturated heterocycles. The molecule has 0 aliphatic rings. The summed E-state index contributed by atoms with van der Waals surface area (Å²) < 4.78 is 5.86. The van der Waals surface area contributed by atoms with Gasteiger partial charge in [-0.1, -0.05) is 23.7 Å². The lowest BCUT2D eigenvalue weighted by Crippen LogP contribution is -2.06. The molecule has 0 atom stereocenters. The second-order valence-electron chi connectivity index (χ2n) is 4.57. The quantitative estimate of drug-likeness (QED) is 0.668. The Morgan fingerprint density at radius 3 is 2.71 bits per heavy atom. The summed E-state index contributed by atoms with van der Waals surface area (Å²) in [7, 11) is 1.84. The Bertz CT molecular complexity index is 674. The highest BCUT2D eigenvalue weighted by molar-refractivity contribution is 6.32. The van der Waals surface area contributed by atoms with Gasteiger partial charge in [-0.3, -0.25) is 10.1 Å². The van der Waals surface area contributed by atoms with Gasteiger partial charge in [0.1, 0.15) is 5.75 Å². The fraction of sp³-hybridized carbons (Fsp3) is 0.200. The average molecular weight is 307 g/mol. The van der Waals surface area contributed by atoms with Gasteiger partial charge in [0.15, 0.2) is 5.75 Å². The number of nitrogens with zero attached hydrogens (tertiary/aromatic N) is 1. The number of nitro benzene ring substituents is 1. The monoisotopic (exact) mass is 306 g/mol. The van der Waals surface area contributed by atoms with Gasteiger partial charge < -0.3 is 10.1 Å². The highest BCUT2D eigenvalue weighted by atomic mass is 35.5. The van der Waals surface area contributed by atoms with E-state index < -0.39 is 4.92 Å². The lowest BCUT2D eigenvalue weighted by molar-refractivity contribution is -0.384. The molecule has 0 spiro atoms. The minimum absolute atomic E-state index is 0.0365. The van der Waals surface area contributed by atoms with Gasteiger partial charge >= 0.3 is 0 Å². The third-order valence-corrected chi connectivity index (χ3v) is 3.29. The zero-order valence-electron chi connectivity index (χ0n) is 11.7. The summed E-state index contributed by atoms with van der Waals surface area (Å²) in [6.45, 7) is 2.37. The fourth-order valence-corrected chi connectivity index (χ4v) is 2.20. The molecule has 0 amide bonds. The van der Waals surface area contributed by atoms with E-state index in [9.17, 15) is 10.1 Å². The molecule has 0 unspecified atom stereocenters. The molecule has 0 aliphatic heterocycles. The van der Waals surface area contributed by atoms with Crippen molar-refractivity contribution in [3.63, 3.8) is 0 Å². The number of halogens is 1. The predicted molar refractivity (Wildman–Crippen MR) is 82.1 cm³/mol. The number of para-hydroxylation sites is 1. The van der Waals surface area contributed by atoms with Crippen LogP contribution in [-0.4, -0.2) is 12.0 Å². The predicted octanol–water partition coefficient (Wildman–Crippen LogP) is 4.07. The molecule has 0 heterocycles. The summed E-state index contributed by atoms with van der Waals surface area (Å²) in [5.74, 6) is 1.11. The van der Waals surface area contributed by atoms with Crippen LogP contribution >= 0.6 is 11.6 Å². The van der Waals surface area contributed by atoms with Crippen LogP contribution in [0, 0.1) is 17.0 Å². The maximum Gasteiger partial charge on any atom is 0.269 e. The molecular formula is C15H15ClN2O3. The molecule has 0 radical (unpaired) electrons. The van der Waals surface area contributed by atoms with Gasteiger partial charge in [0.2, 0.25) is 0 Å². The first-order valence-electron chi connectivity index (χ1n) is 6.38. The van der Waals surface area contributed by atoms with Crippen molar-refractivity contribution in [2.24, 2.45) is 0 Å². The highest BCUT2D eigenvalue weighted by Crippen LogP contribution is 2.35. The fourth-order valence-electron chi connectivity index (χ4n) is 1.97. The lowest BCUT2D eigenvalue weighted by atomic mass is 10.1. The largest absolute Gasteiger partial charge is 0.455 e. The van der Waals surface area contributed by atoms with E-state index in [1.165, 1.54) is 12.1 Å². The summed E-state index contributed by atoms with van der Waals surface area (Å²) in [6.07, 6.45) is 0. The van der Waals surface area contributed by atoms with E-state index in [0.717, 1.165) is 5.56 Å². The topological polar surface area (TPSA) is 64.4 Å². The molecule has 21 heavy (non-hydrogen) atoms. The van der Waals surface area contributed by atoms with Crippen molar-refractivity contribution in [2.45, 2.75) is 13.5 Å². The standard InChI is InChI=1S/C15H15ClN2O3/c1-10-8-12(18(19)20)6-7-14(10)21-15-11(9-17-2)4-3-5-13(15)16/h3-8,17H,9H2,1-2H3. The molecule has 110 valence electrons. The first-order chi connectivity index (χ1) is 10.0. The van der Waals surface area contributed by atoms with Gasteiger partial charge in [-0.15, -0.1) is 0 Å². The van der Waals surface area contributed by atoms with Gasteiger partial charge in [0.25, 0.3) is 5.69 Å². The molecule has 2 aromatic carbocycles. The normalized spacial score (nSPS) is 10.4. The second kappa shape index (κ2) is 6.56. The van der Waals surface area contributed by atoms with Crippen molar-refractivity contribution < 1.29 is 9.66 Å². The number of hydrogen-bond acceptors (Lipinski definition) is 4. The van der Waals surface area contributed by atoms with Crippen LogP contribution in [0.4, 0.5) is 5.69 Å². The average Bonchev–Trinajstić information content (AvgIpc) is 2.44. The molecule has 0 saturated carbocycles. The Hall–Kier alpha value is -2.11. The van der Waals surface area contributed by atoms with Crippen LogP contribution in [0.3, 0.4) is 0 Å². The van der Waals surface area contributed by atoms with Crippen molar-refractivity contribution in [1.82, 2.24) is 5.32 Å². The third-order valence-electron chi connectivity index (χ3n) is 3.00. The summed E-state index contributed by atoms with van der Waals surface area (Å²) in [5, 5.41) is 14.3. The van der Waals surface area contributed by atoms with E-state index >= 15 is 0 Å². The van der Waals surface area contributed by atoms with Crippen LogP contribution < -0.4 is 10.1 Å². The van der Waals surface area contributed by atoms with Crippen LogP contribution in [0.1, 0.15) is 11.1 Å². The smallest absolute Gasteiger partial charge is 0.269 e. The van der Waals surface area contributed by atoms with Crippen LogP contribution in [0.2, 0.25) is 5.02 Å². The van der Waals surface area contributed by atoms with E-state index in [1.807, 2.05) is 19.2 Å². The number of nitro groups is 1. The Morgan fingerprint density at radius 2 is 2.10 bits per heavy atom. The number of aryl methyl sites for hydroxylation is 1. The van der Waals surface area contributed by atoms with Crippen molar-refractivity contribution in [3.8, 4) is 11.5 Å². The highest BCUT2D eigenvalue weighted by Gasteiger charge is 2.13. The Balaban J connectivity index is 2.36. The van der Waals surface area contributed by atoms with Crippen LogP contribution in [0.5, 0.6) is 11.5 Å². The number of hydrogen-bond donors (Lipinski definition) is 1. The van der Waals surface area contributed by atoms with E-state index in [0.29, 0.717) is 28.6 Å². The summed E-state index contributed by atoms with van der Waals surface area (Å²) in [5.41, 5.74) is 1.64. The minimum Gasteiger partial charge on any atom is -0.455 e. The third kappa shape index (κ3) is 3.51. The first-order valence-corrected chi connectivity index (χ1v) is 6.75. The second-order valence-corrected chi connectivity index (χ2v) is 4.97. The minimum atomic E-state index is -0.432. The number of nitrogens with one attached hydrogen (secondary N) is 1. The molecular weight excluding hydrogens is 292 g/mol. The number of benzene rings is 2. The van der Waals surface area contributed by atoms with E-state index in [2.05, 4.69) is 5.32 Å². The summed E-state index contributed by atoms with van der Waals surface area (Å²) in [6, 6.07) is 9.99. The van der Waals surface area contributed by atoms with Gasteiger partial charge in [-0.05, 0) is 31.7 Å². The number of non-ortho nitro benzene ring substituents is 1. The maximum absolute atomic E-state index is 10.8. The summed E-state index contributed by atoms with van der Waals surface area (Å²) in [4.78, 5) is 10.3. The Labute approximate surface area is 127 Å². The van der Waals surface area contributed by atoms with Gasteiger partial charge in [0.05, 0.1) is 9.95 Å². The zero-order chi connectivity index (χ0) is 15.4. The Morgan fingerprint density at radius 1 is 1.33 bits per heavy atom. The van der Waals surface area contributed by atoms with Gasteiger partial charge in [0, 0.05) is 24.2 Å². The SMILES string of the molecule is CNCc1cccc(Cl)c1Oc1ccc([N+](=O)[O-])cc1C. The van der Waals surface area contributed by atoms with Gasteiger partial charge in [-0.25, -0.2) is 0 Å². The number of ether oxygens (including phenoxy) is 1. The van der Waals surface area contributed by atoms with Crippen molar-refractivity contribution in [2.75, 3.05) is 7.05 Å². The zero-order valence-corrected chi connectivity index (χ0v) is 12.5. The molecule has 2 aromatic rings. The maximum atomic E-state index is 10.8. The number of rotatable bonds is 5.